The van der Waals surface area contributed by atoms with Crippen LogP contribution in [0.5, 0.6) is 0 Å². The predicted molar refractivity (Wildman–Crippen MR) is 72.0 cm³/mol. The number of benzene rings is 1. The van der Waals surface area contributed by atoms with Gasteiger partial charge in [0, 0.05) is 12.6 Å². The number of nitrogens with one attached hydrogen (secondary N) is 1. The number of hydrogen-bond acceptors (Lipinski definition) is 4. The molecule has 18 heavy (non-hydrogen) atoms. The maximum absolute atomic E-state index is 10.8. The highest BCUT2D eigenvalue weighted by Crippen LogP contribution is 2.24. The maximum atomic E-state index is 10.8. The van der Waals surface area contributed by atoms with Gasteiger partial charge in [0.2, 0.25) is 0 Å². The number of nitro benzene ring substituents is 1. The molecule has 0 aliphatic rings. The molecule has 0 fully saturated rings. The summed E-state index contributed by atoms with van der Waals surface area (Å²) in [6.45, 7) is 9.03. The Morgan fingerprint density at radius 3 is 2.89 bits per heavy atom. The van der Waals surface area contributed by atoms with Crippen molar-refractivity contribution >= 4 is 11.4 Å². The second-order valence-electron chi connectivity index (χ2n) is 4.21. The van der Waals surface area contributed by atoms with Crippen molar-refractivity contribution in [3.05, 3.63) is 46.0 Å². The molecule has 0 aliphatic carbocycles. The molecule has 0 spiro atoms. The van der Waals surface area contributed by atoms with Gasteiger partial charge in [0.05, 0.1) is 18.1 Å². The second kappa shape index (κ2) is 6.76. The standard InChI is InChI=1S/C13H18N2O3/c1-10(2)9-18-7-6-14-12-8-11(3)4-5-13(12)15(16)17/h4-5,8,14H,1,6-7,9H2,2-3H3. The Kier molecular flexibility index (Phi) is 5.32. The molecule has 0 radical (unpaired) electrons. The lowest BCUT2D eigenvalue weighted by Gasteiger charge is -2.08. The fourth-order valence-electron chi connectivity index (χ4n) is 1.45. The lowest BCUT2D eigenvalue weighted by Crippen LogP contribution is -2.11. The number of nitrogens with zero attached hydrogens (tertiary/aromatic N) is 1. The minimum Gasteiger partial charge on any atom is -0.377 e. The summed E-state index contributed by atoms with van der Waals surface area (Å²) in [6, 6.07) is 4.99. The summed E-state index contributed by atoms with van der Waals surface area (Å²) in [5, 5.41) is 13.8. The minimum absolute atomic E-state index is 0.0838. The average Bonchev–Trinajstić information content (AvgIpc) is 2.27. The summed E-state index contributed by atoms with van der Waals surface area (Å²) in [5.74, 6) is 0. The van der Waals surface area contributed by atoms with Gasteiger partial charge < -0.3 is 10.1 Å². The summed E-state index contributed by atoms with van der Waals surface area (Å²) in [4.78, 5) is 10.4. The van der Waals surface area contributed by atoms with Gasteiger partial charge in [-0.15, -0.1) is 0 Å². The van der Waals surface area contributed by atoms with Crippen LogP contribution in [-0.2, 0) is 4.74 Å². The van der Waals surface area contributed by atoms with Gasteiger partial charge in [0.1, 0.15) is 5.69 Å². The Morgan fingerprint density at radius 1 is 1.56 bits per heavy atom. The molecule has 0 unspecified atom stereocenters. The highest BCUT2D eigenvalue weighted by molar-refractivity contribution is 5.62. The number of ether oxygens (including phenoxy) is 1. The largest absolute Gasteiger partial charge is 0.377 e. The number of anilines is 1. The van der Waals surface area contributed by atoms with Gasteiger partial charge in [-0.1, -0.05) is 18.2 Å². The van der Waals surface area contributed by atoms with Gasteiger partial charge >= 0.3 is 0 Å². The molecule has 0 heterocycles. The van der Waals surface area contributed by atoms with Crippen LogP contribution in [0.15, 0.2) is 30.4 Å². The normalized spacial score (nSPS) is 10.1. The Balaban J connectivity index is 2.53. The third-order valence-corrected chi connectivity index (χ3v) is 2.26. The SMILES string of the molecule is C=C(C)COCCNc1cc(C)ccc1[N+](=O)[O-]. The van der Waals surface area contributed by atoms with Crippen LogP contribution in [0.1, 0.15) is 12.5 Å². The monoisotopic (exact) mass is 250 g/mol. The Morgan fingerprint density at radius 2 is 2.28 bits per heavy atom. The van der Waals surface area contributed by atoms with Gasteiger partial charge in [-0.2, -0.15) is 0 Å². The summed E-state index contributed by atoms with van der Waals surface area (Å²) in [5.41, 5.74) is 2.54. The van der Waals surface area contributed by atoms with Crippen molar-refractivity contribution in [3.63, 3.8) is 0 Å². The van der Waals surface area contributed by atoms with Gasteiger partial charge in [0.25, 0.3) is 5.69 Å². The van der Waals surface area contributed by atoms with Crippen molar-refractivity contribution in [2.75, 3.05) is 25.1 Å². The highest BCUT2D eigenvalue weighted by atomic mass is 16.6. The molecule has 0 atom stereocenters. The van der Waals surface area contributed by atoms with E-state index < -0.39 is 4.92 Å². The van der Waals surface area contributed by atoms with Crippen LogP contribution in [0.4, 0.5) is 11.4 Å². The van der Waals surface area contributed by atoms with E-state index in [1.165, 1.54) is 6.07 Å². The Hall–Kier alpha value is -1.88. The first-order valence-electron chi connectivity index (χ1n) is 5.71. The van der Waals surface area contributed by atoms with E-state index in [2.05, 4.69) is 11.9 Å². The molecule has 0 aliphatic heterocycles. The van der Waals surface area contributed by atoms with E-state index in [9.17, 15) is 10.1 Å². The molecule has 0 amide bonds. The maximum Gasteiger partial charge on any atom is 0.292 e. The van der Waals surface area contributed by atoms with Crippen molar-refractivity contribution in [2.24, 2.45) is 0 Å². The first kappa shape index (κ1) is 14.2. The fourth-order valence-corrected chi connectivity index (χ4v) is 1.45. The zero-order chi connectivity index (χ0) is 13.5. The lowest BCUT2D eigenvalue weighted by atomic mass is 10.2. The highest BCUT2D eigenvalue weighted by Gasteiger charge is 2.12. The van der Waals surface area contributed by atoms with E-state index in [0.29, 0.717) is 25.4 Å². The Bertz CT molecular complexity index is 444. The molecule has 0 saturated carbocycles. The van der Waals surface area contributed by atoms with Gasteiger partial charge in [-0.25, -0.2) is 0 Å². The molecule has 0 aromatic heterocycles. The molecule has 5 nitrogen and oxygen atoms in total. The van der Waals surface area contributed by atoms with Crippen LogP contribution < -0.4 is 5.32 Å². The molecule has 1 aromatic carbocycles. The van der Waals surface area contributed by atoms with Crippen LogP contribution in [0.3, 0.4) is 0 Å². The van der Waals surface area contributed by atoms with Gasteiger partial charge in [-0.3, -0.25) is 10.1 Å². The molecule has 1 rings (SSSR count). The van der Waals surface area contributed by atoms with Crippen molar-refractivity contribution < 1.29 is 9.66 Å². The molecular weight excluding hydrogens is 232 g/mol. The molecule has 0 saturated heterocycles. The van der Waals surface area contributed by atoms with Crippen LogP contribution in [0.2, 0.25) is 0 Å². The summed E-state index contributed by atoms with van der Waals surface area (Å²) >= 11 is 0. The average molecular weight is 250 g/mol. The molecular formula is C13H18N2O3. The topological polar surface area (TPSA) is 64.4 Å². The summed E-state index contributed by atoms with van der Waals surface area (Å²) in [6.07, 6.45) is 0. The van der Waals surface area contributed by atoms with Crippen LogP contribution in [0.25, 0.3) is 0 Å². The number of hydrogen-bond donors (Lipinski definition) is 1. The van der Waals surface area contributed by atoms with E-state index in [1.54, 1.807) is 12.1 Å². The minimum atomic E-state index is -0.392. The second-order valence-corrected chi connectivity index (χ2v) is 4.21. The quantitative estimate of drug-likeness (QED) is 0.350. The third kappa shape index (κ3) is 4.55. The van der Waals surface area contributed by atoms with Gasteiger partial charge in [-0.05, 0) is 25.5 Å². The zero-order valence-corrected chi connectivity index (χ0v) is 10.7. The van der Waals surface area contributed by atoms with E-state index in [-0.39, 0.29) is 5.69 Å². The number of nitro groups is 1. The molecule has 1 N–H and O–H groups in total. The smallest absolute Gasteiger partial charge is 0.292 e. The molecule has 98 valence electrons. The lowest BCUT2D eigenvalue weighted by molar-refractivity contribution is -0.384. The van der Waals surface area contributed by atoms with Crippen LogP contribution >= 0.6 is 0 Å². The number of rotatable bonds is 7. The molecule has 5 heteroatoms. The van der Waals surface area contributed by atoms with Crippen LogP contribution in [0, 0.1) is 17.0 Å². The number of aryl methyl sites for hydroxylation is 1. The predicted octanol–water partition coefficient (Wildman–Crippen LogP) is 2.91. The van der Waals surface area contributed by atoms with E-state index in [0.717, 1.165) is 11.1 Å². The fraction of sp³-hybridized carbons (Fsp3) is 0.385. The van der Waals surface area contributed by atoms with Crippen molar-refractivity contribution in [3.8, 4) is 0 Å². The zero-order valence-electron chi connectivity index (χ0n) is 10.7. The summed E-state index contributed by atoms with van der Waals surface area (Å²) < 4.78 is 5.32. The first-order valence-corrected chi connectivity index (χ1v) is 5.71. The first-order chi connectivity index (χ1) is 8.50. The Labute approximate surface area is 107 Å². The van der Waals surface area contributed by atoms with E-state index in [4.69, 9.17) is 4.74 Å². The molecule has 0 bridgehead atoms. The summed E-state index contributed by atoms with van der Waals surface area (Å²) in [7, 11) is 0. The van der Waals surface area contributed by atoms with E-state index >= 15 is 0 Å². The van der Waals surface area contributed by atoms with Crippen molar-refractivity contribution in [1.82, 2.24) is 0 Å². The van der Waals surface area contributed by atoms with Crippen LogP contribution in [-0.4, -0.2) is 24.7 Å². The van der Waals surface area contributed by atoms with Crippen molar-refractivity contribution in [1.29, 1.82) is 0 Å². The third-order valence-electron chi connectivity index (χ3n) is 2.26. The molecule has 1 aromatic rings. The van der Waals surface area contributed by atoms with E-state index in [1.807, 2.05) is 13.8 Å². The van der Waals surface area contributed by atoms with Crippen molar-refractivity contribution in [2.45, 2.75) is 13.8 Å². The van der Waals surface area contributed by atoms with Gasteiger partial charge in [0.15, 0.2) is 0 Å².